The van der Waals surface area contributed by atoms with E-state index >= 15 is 0 Å². The number of benzene rings is 2. The molecule has 0 unspecified atom stereocenters. The van der Waals surface area contributed by atoms with Gasteiger partial charge < -0.3 is 14.8 Å². The molecular weight excluding hydrogens is 374 g/mol. The lowest BCUT2D eigenvalue weighted by Gasteiger charge is -2.36. The van der Waals surface area contributed by atoms with Crippen molar-refractivity contribution < 1.29 is 14.3 Å². The highest BCUT2D eigenvalue weighted by atomic mass is 35.5. The molecule has 1 fully saturated rings. The van der Waals surface area contributed by atoms with Crippen molar-refractivity contribution in [3.63, 3.8) is 0 Å². The minimum atomic E-state index is -0.608. The summed E-state index contributed by atoms with van der Waals surface area (Å²) in [6.45, 7) is 7.28. The van der Waals surface area contributed by atoms with Crippen molar-refractivity contribution in [3.05, 3.63) is 58.6 Å². The summed E-state index contributed by atoms with van der Waals surface area (Å²) in [7, 11) is 0. The van der Waals surface area contributed by atoms with Gasteiger partial charge in [-0.3, -0.25) is 4.79 Å². The van der Waals surface area contributed by atoms with Crippen LogP contribution in [0.4, 0.5) is 5.69 Å². The number of amides is 1. The van der Waals surface area contributed by atoms with E-state index in [9.17, 15) is 4.79 Å². The SMILES string of the molecule is CC[C@H](C)Oc1ccc(NC(=O)C2(c3ccc(Cl)cc3)CCOCC2)cc1C. The molecule has 1 saturated heterocycles. The van der Waals surface area contributed by atoms with Gasteiger partial charge in [-0.25, -0.2) is 0 Å². The number of aryl methyl sites for hydroxylation is 1. The fourth-order valence-corrected chi connectivity index (χ4v) is 3.67. The first kappa shape index (κ1) is 20.7. The van der Waals surface area contributed by atoms with Gasteiger partial charge in [0, 0.05) is 23.9 Å². The smallest absolute Gasteiger partial charge is 0.235 e. The molecule has 4 nitrogen and oxygen atoms in total. The molecule has 0 spiro atoms. The Labute approximate surface area is 172 Å². The van der Waals surface area contributed by atoms with E-state index in [0.29, 0.717) is 31.1 Å². The predicted octanol–water partition coefficient (Wildman–Crippen LogP) is 5.51. The number of halogens is 1. The molecule has 1 N–H and O–H groups in total. The van der Waals surface area contributed by atoms with E-state index in [2.05, 4.69) is 19.2 Å². The molecule has 0 aliphatic carbocycles. The molecule has 1 aliphatic rings. The Bertz CT molecular complexity index is 813. The molecular formula is C23H28ClNO3. The van der Waals surface area contributed by atoms with Gasteiger partial charge in [0.15, 0.2) is 0 Å². The van der Waals surface area contributed by atoms with E-state index in [-0.39, 0.29) is 12.0 Å². The van der Waals surface area contributed by atoms with Crippen LogP contribution in [-0.2, 0) is 14.9 Å². The molecule has 0 aromatic heterocycles. The Kier molecular flexibility index (Phi) is 6.63. The first-order valence-corrected chi connectivity index (χ1v) is 10.2. The number of carbonyl (C=O) groups is 1. The maximum absolute atomic E-state index is 13.4. The highest BCUT2D eigenvalue weighted by molar-refractivity contribution is 6.30. The van der Waals surface area contributed by atoms with Crippen molar-refractivity contribution in [2.75, 3.05) is 18.5 Å². The first-order chi connectivity index (χ1) is 13.4. The van der Waals surface area contributed by atoms with Crippen LogP contribution in [-0.4, -0.2) is 25.2 Å². The minimum absolute atomic E-state index is 0.00637. The molecule has 28 heavy (non-hydrogen) atoms. The highest BCUT2D eigenvalue weighted by Crippen LogP contribution is 2.37. The van der Waals surface area contributed by atoms with Gasteiger partial charge >= 0.3 is 0 Å². The van der Waals surface area contributed by atoms with E-state index in [1.54, 1.807) is 0 Å². The zero-order valence-electron chi connectivity index (χ0n) is 16.8. The summed E-state index contributed by atoms with van der Waals surface area (Å²) in [6.07, 6.45) is 2.40. The molecule has 0 bridgehead atoms. The summed E-state index contributed by atoms with van der Waals surface area (Å²) < 4.78 is 11.5. The molecule has 2 aromatic carbocycles. The van der Waals surface area contributed by atoms with Gasteiger partial charge in [0.05, 0.1) is 11.5 Å². The molecule has 1 atom stereocenters. The van der Waals surface area contributed by atoms with E-state index in [1.807, 2.05) is 49.4 Å². The Hall–Kier alpha value is -2.04. The molecule has 5 heteroatoms. The van der Waals surface area contributed by atoms with E-state index in [1.165, 1.54) is 0 Å². The summed E-state index contributed by atoms with van der Waals surface area (Å²) in [6, 6.07) is 13.4. The molecule has 0 radical (unpaired) electrons. The van der Waals surface area contributed by atoms with Gasteiger partial charge in [-0.15, -0.1) is 0 Å². The van der Waals surface area contributed by atoms with E-state index in [0.717, 1.165) is 29.0 Å². The summed E-state index contributed by atoms with van der Waals surface area (Å²) in [5.41, 5.74) is 2.15. The maximum Gasteiger partial charge on any atom is 0.235 e. The fraction of sp³-hybridized carbons (Fsp3) is 0.435. The van der Waals surface area contributed by atoms with Crippen LogP contribution in [0.3, 0.4) is 0 Å². The maximum atomic E-state index is 13.4. The summed E-state index contributed by atoms with van der Waals surface area (Å²) in [4.78, 5) is 13.4. The fourth-order valence-electron chi connectivity index (χ4n) is 3.55. The number of nitrogens with one attached hydrogen (secondary N) is 1. The third kappa shape index (κ3) is 4.50. The van der Waals surface area contributed by atoms with Crippen LogP contribution in [0.25, 0.3) is 0 Å². The number of ether oxygens (including phenoxy) is 2. The number of hydrogen-bond acceptors (Lipinski definition) is 3. The van der Waals surface area contributed by atoms with Crippen molar-refractivity contribution in [1.82, 2.24) is 0 Å². The lowest BCUT2D eigenvalue weighted by atomic mass is 9.73. The molecule has 1 amide bonds. The zero-order valence-corrected chi connectivity index (χ0v) is 17.5. The van der Waals surface area contributed by atoms with Crippen LogP contribution in [0.1, 0.15) is 44.2 Å². The van der Waals surface area contributed by atoms with Crippen molar-refractivity contribution >= 4 is 23.2 Å². The standard InChI is InChI=1S/C23H28ClNO3/c1-4-17(3)28-21-10-9-20(15-16(21)2)25-22(26)23(11-13-27-14-12-23)18-5-7-19(24)8-6-18/h5-10,15,17H,4,11-14H2,1-3H3,(H,25,26)/t17-/m0/s1. The van der Waals surface area contributed by atoms with Crippen molar-refractivity contribution in [2.45, 2.75) is 51.6 Å². The Morgan fingerprint density at radius 2 is 1.89 bits per heavy atom. The molecule has 1 aliphatic heterocycles. The van der Waals surface area contributed by atoms with Gasteiger partial charge in [-0.05, 0) is 74.6 Å². The average Bonchev–Trinajstić information content (AvgIpc) is 2.71. The predicted molar refractivity (Wildman–Crippen MR) is 113 cm³/mol. The van der Waals surface area contributed by atoms with E-state index < -0.39 is 5.41 Å². The third-order valence-electron chi connectivity index (χ3n) is 5.51. The zero-order chi connectivity index (χ0) is 20.1. The van der Waals surface area contributed by atoms with Gasteiger partial charge in [-0.1, -0.05) is 30.7 Å². The second-order valence-electron chi connectivity index (χ2n) is 7.47. The van der Waals surface area contributed by atoms with Crippen LogP contribution in [0.2, 0.25) is 5.02 Å². The topological polar surface area (TPSA) is 47.6 Å². The van der Waals surface area contributed by atoms with Crippen LogP contribution in [0.5, 0.6) is 5.75 Å². The summed E-state index contributed by atoms with van der Waals surface area (Å²) >= 11 is 6.05. The number of anilines is 1. The van der Waals surface area contributed by atoms with Crippen LogP contribution in [0, 0.1) is 6.92 Å². The van der Waals surface area contributed by atoms with Gasteiger partial charge in [0.25, 0.3) is 0 Å². The number of hydrogen-bond donors (Lipinski definition) is 1. The van der Waals surface area contributed by atoms with Crippen molar-refractivity contribution in [2.24, 2.45) is 0 Å². The molecule has 3 rings (SSSR count). The van der Waals surface area contributed by atoms with Crippen LogP contribution in [0.15, 0.2) is 42.5 Å². The second-order valence-corrected chi connectivity index (χ2v) is 7.91. The number of carbonyl (C=O) groups excluding carboxylic acids is 1. The normalized spacial score (nSPS) is 17.0. The summed E-state index contributed by atoms with van der Waals surface area (Å²) in [5, 5.41) is 3.78. The van der Waals surface area contributed by atoms with Crippen molar-refractivity contribution in [3.8, 4) is 5.75 Å². The van der Waals surface area contributed by atoms with Gasteiger partial charge in [0.1, 0.15) is 5.75 Å². The highest BCUT2D eigenvalue weighted by Gasteiger charge is 2.41. The molecule has 150 valence electrons. The van der Waals surface area contributed by atoms with Crippen LogP contribution < -0.4 is 10.1 Å². The Morgan fingerprint density at radius 3 is 2.50 bits per heavy atom. The Balaban J connectivity index is 1.82. The van der Waals surface area contributed by atoms with E-state index in [4.69, 9.17) is 21.1 Å². The third-order valence-corrected chi connectivity index (χ3v) is 5.77. The lowest BCUT2D eigenvalue weighted by molar-refractivity contribution is -0.125. The number of rotatable bonds is 6. The Morgan fingerprint density at radius 1 is 1.21 bits per heavy atom. The molecule has 1 heterocycles. The average molecular weight is 402 g/mol. The largest absolute Gasteiger partial charge is 0.490 e. The van der Waals surface area contributed by atoms with Crippen molar-refractivity contribution in [1.29, 1.82) is 0 Å². The quantitative estimate of drug-likeness (QED) is 0.693. The van der Waals surface area contributed by atoms with Gasteiger partial charge in [-0.2, -0.15) is 0 Å². The lowest BCUT2D eigenvalue weighted by Crippen LogP contribution is -2.44. The summed E-state index contributed by atoms with van der Waals surface area (Å²) in [5.74, 6) is 0.846. The minimum Gasteiger partial charge on any atom is -0.490 e. The van der Waals surface area contributed by atoms with Gasteiger partial charge in [0.2, 0.25) is 5.91 Å². The molecule has 0 saturated carbocycles. The van der Waals surface area contributed by atoms with Crippen LogP contribution >= 0.6 is 11.6 Å². The molecule has 2 aromatic rings. The monoisotopic (exact) mass is 401 g/mol. The first-order valence-electron chi connectivity index (χ1n) is 9.87. The second kappa shape index (κ2) is 8.97.